The van der Waals surface area contributed by atoms with Crippen LogP contribution in [0.2, 0.25) is 0 Å². The summed E-state index contributed by atoms with van der Waals surface area (Å²) in [6.45, 7) is 7.11. The minimum Gasteiger partial charge on any atom is -0.493 e. The number of alkyl carbamates (subject to hydrolysis) is 1. The van der Waals surface area contributed by atoms with Crippen LogP contribution in [0.1, 0.15) is 68.3 Å². The second kappa shape index (κ2) is 15.6. The maximum Gasteiger partial charge on any atom is 0.407 e. The van der Waals surface area contributed by atoms with Gasteiger partial charge in [0.25, 0.3) is 0 Å². The summed E-state index contributed by atoms with van der Waals surface area (Å²) in [4.78, 5) is 39.6. The Balaban J connectivity index is 1.25. The number of benzene rings is 4. The molecule has 2 aliphatic rings. The van der Waals surface area contributed by atoms with Crippen LogP contribution in [0.25, 0.3) is 22.3 Å². The molecule has 53 heavy (non-hydrogen) atoms. The third-order valence-corrected chi connectivity index (χ3v) is 9.59. The minimum absolute atomic E-state index is 0.0921. The molecule has 0 unspecified atom stereocenters. The summed E-state index contributed by atoms with van der Waals surface area (Å²) < 4.78 is 29.0. The van der Waals surface area contributed by atoms with Gasteiger partial charge in [0.1, 0.15) is 12.6 Å². The number of carbonyl (C=O) groups is 3. The monoisotopic (exact) mass is 721 g/mol. The van der Waals surface area contributed by atoms with Crippen molar-refractivity contribution < 1.29 is 38.1 Å². The van der Waals surface area contributed by atoms with Crippen LogP contribution in [-0.2, 0) is 25.5 Å². The zero-order valence-corrected chi connectivity index (χ0v) is 31.3. The van der Waals surface area contributed by atoms with Gasteiger partial charge in [-0.05, 0) is 90.8 Å². The van der Waals surface area contributed by atoms with Crippen LogP contribution in [0.3, 0.4) is 0 Å². The summed E-state index contributed by atoms with van der Waals surface area (Å²) in [5.74, 6) is 0.698. The number of hydrogen-bond donors (Lipinski definition) is 3. The van der Waals surface area contributed by atoms with Crippen molar-refractivity contribution in [2.75, 3.05) is 39.9 Å². The van der Waals surface area contributed by atoms with E-state index in [0.717, 1.165) is 44.5 Å². The van der Waals surface area contributed by atoms with Crippen molar-refractivity contribution >= 4 is 23.6 Å². The van der Waals surface area contributed by atoms with E-state index in [0.29, 0.717) is 35.8 Å². The molecule has 0 bridgehead atoms. The number of hydrogen-bond acceptors (Lipinski definition) is 8. The molecule has 3 N–H and O–H groups in total. The Morgan fingerprint density at radius 3 is 2.08 bits per heavy atom. The first-order valence-electron chi connectivity index (χ1n) is 17.7. The minimum atomic E-state index is -1.08. The van der Waals surface area contributed by atoms with Crippen molar-refractivity contribution in [3.05, 3.63) is 95.1 Å². The summed E-state index contributed by atoms with van der Waals surface area (Å²) >= 11 is 0. The van der Waals surface area contributed by atoms with E-state index in [1.54, 1.807) is 27.4 Å². The molecule has 0 saturated heterocycles. The molecule has 0 saturated carbocycles. The molecule has 0 spiro atoms. The average molecular weight is 722 g/mol. The molecule has 6 rings (SSSR count). The fourth-order valence-corrected chi connectivity index (χ4v) is 7.23. The van der Waals surface area contributed by atoms with Crippen LogP contribution >= 0.6 is 0 Å². The molecule has 11 heteroatoms. The van der Waals surface area contributed by atoms with Crippen LogP contribution in [0, 0.1) is 0 Å². The molecule has 0 aromatic heterocycles. The Bertz CT molecular complexity index is 1970. The van der Waals surface area contributed by atoms with Crippen LogP contribution in [0.5, 0.6) is 17.2 Å². The van der Waals surface area contributed by atoms with E-state index < -0.39 is 23.6 Å². The molecule has 278 valence electrons. The lowest BCUT2D eigenvalue weighted by molar-refractivity contribution is -0.121. The number of carbonyl (C=O) groups excluding carboxylic acids is 3. The Morgan fingerprint density at radius 1 is 0.811 bits per heavy atom. The van der Waals surface area contributed by atoms with Crippen LogP contribution in [0.4, 0.5) is 10.5 Å². The molecule has 0 radical (unpaired) electrons. The number of anilines is 1. The second-order valence-corrected chi connectivity index (χ2v) is 14.2. The highest BCUT2D eigenvalue weighted by Crippen LogP contribution is 2.51. The lowest BCUT2D eigenvalue weighted by Crippen LogP contribution is -2.48. The van der Waals surface area contributed by atoms with Crippen molar-refractivity contribution in [2.45, 2.75) is 64.1 Å². The molecule has 2 aliphatic carbocycles. The number of aryl methyl sites for hydroxylation is 1. The largest absolute Gasteiger partial charge is 0.493 e. The van der Waals surface area contributed by atoms with Crippen molar-refractivity contribution in [2.24, 2.45) is 0 Å². The molecule has 0 fully saturated rings. The molecule has 2 atom stereocenters. The van der Waals surface area contributed by atoms with Gasteiger partial charge in [0, 0.05) is 24.1 Å². The third-order valence-electron chi connectivity index (χ3n) is 9.59. The Hall–Kier alpha value is -5.55. The topological polar surface area (TPSA) is 133 Å². The number of rotatable bonds is 11. The first kappa shape index (κ1) is 37.2. The van der Waals surface area contributed by atoms with Crippen LogP contribution < -0.4 is 30.2 Å². The van der Waals surface area contributed by atoms with Crippen LogP contribution in [0.15, 0.2) is 72.8 Å². The highest BCUT2D eigenvalue weighted by Gasteiger charge is 2.32. The van der Waals surface area contributed by atoms with Gasteiger partial charge in [-0.3, -0.25) is 9.59 Å². The summed E-state index contributed by atoms with van der Waals surface area (Å²) in [5, 5.41) is 8.78. The molecule has 4 aromatic rings. The number of nitrogens with one attached hydrogen (secondary N) is 3. The lowest BCUT2D eigenvalue weighted by atomic mass is 9.93. The van der Waals surface area contributed by atoms with Gasteiger partial charge in [-0.2, -0.15) is 0 Å². The van der Waals surface area contributed by atoms with Gasteiger partial charge in [0.2, 0.25) is 17.6 Å². The normalized spacial score (nSPS) is 15.0. The molecule has 3 amide bonds. The maximum atomic E-state index is 13.9. The Kier molecular flexibility index (Phi) is 10.9. The quantitative estimate of drug-likeness (QED) is 0.149. The fraction of sp³-hybridized carbons (Fsp3) is 0.357. The van der Waals surface area contributed by atoms with Gasteiger partial charge in [-0.15, -0.1) is 0 Å². The summed E-state index contributed by atoms with van der Waals surface area (Å²) in [6, 6.07) is 22.2. The van der Waals surface area contributed by atoms with Crippen molar-refractivity contribution in [1.29, 1.82) is 0 Å². The van der Waals surface area contributed by atoms with Crippen molar-refractivity contribution in [1.82, 2.24) is 10.6 Å². The predicted octanol–water partition coefficient (Wildman–Crippen LogP) is 7.16. The first-order valence-corrected chi connectivity index (χ1v) is 17.7. The molecule has 0 heterocycles. The van der Waals surface area contributed by atoms with Crippen molar-refractivity contribution in [3.8, 4) is 39.5 Å². The zero-order chi connectivity index (χ0) is 37.9. The molecular formula is C42H47N3O8. The third kappa shape index (κ3) is 7.95. The van der Waals surface area contributed by atoms with E-state index in [1.165, 1.54) is 6.92 Å². The summed E-state index contributed by atoms with van der Waals surface area (Å²) in [6.07, 6.45) is 0.468. The first-order chi connectivity index (χ1) is 25.4. The smallest absolute Gasteiger partial charge is 0.407 e. The average Bonchev–Trinajstić information content (AvgIpc) is 3.37. The van der Waals surface area contributed by atoms with Gasteiger partial charge in [0.05, 0.1) is 39.6 Å². The molecular weight excluding hydrogens is 674 g/mol. The Morgan fingerprint density at radius 2 is 1.47 bits per heavy atom. The SMILES string of the molecule is COc1cc2c(c(OC)c1OC)-c1ccc(NC(=O)[C@H](COC(C)(C)C)NC(=O)OCC3c4ccccc4-c4ccccc43)cc1[C@@H](NC(C)=O)CC2. The number of methoxy groups -OCH3 is 3. The van der Waals surface area contributed by atoms with E-state index in [-0.39, 0.29) is 31.1 Å². The van der Waals surface area contributed by atoms with Crippen molar-refractivity contribution in [3.63, 3.8) is 0 Å². The van der Waals surface area contributed by atoms with Gasteiger partial charge in [0.15, 0.2) is 11.5 Å². The summed E-state index contributed by atoms with van der Waals surface area (Å²) in [5.41, 5.74) is 7.71. The summed E-state index contributed by atoms with van der Waals surface area (Å²) in [7, 11) is 4.70. The predicted molar refractivity (Wildman–Crippen MR) is 203 cm³/mol. The number of ether oxygens (including phenoxy) is 5. The fourth-order valence-electron chi connectivity index (χ4n) is 7.23. The van der Waals surface area contributed by atoms with Crippen LogP contribution in [-0.4, -0.2) is 64.1 Å². The highest BCUT2D eigenvalue weighted by molar-refractivity contribution is 5.97. The van der Waals surface area contributed by atoms with Gasteiger partial charge in [-0.1, -0.05) is 54.6 Å². The second-order valence-electron chi connectivity index (χ2n) is 14.2. The van der Waals surface area contributed by atoms with E-state index in [4.69, 9.17) is 23.7 Å². The van der Waals surface area contributed by atoms with Gasteiger partial charge in [-0.25, -0.2) is 4.79 Å². The van der Waals surface area contributed by atoms with E-state index >= 15 is 0 Å². The van der Waals surface area contributed by atoms with E-state index in [2.05, 4.69) is 28.1 Å². The molecule has 4 aromatic carbocycles. The standard InChI is InChI=1S/C42H47N3O8/c1-24(46)43-34-19-16-25-20-36(49-5)38(50-6)39(51-7)37(25)31-18-17-26(21-32(31)34)44-40(47)35(23-53-42(2,3)4)45-41(48)52-22-33-29-14-10-8-12-27(29)28-13-9-11-15-30(28)33/h8-15,17-18,20-21,33-35H,16,19,22-23H2,1-7H3,(H,43,46)(H,44,47)(H,45,48)/t34-,35-/m0/s1. The maximum absolute atomic E-state index is 13.9. The lowest BCUT2D eigenvalue weighted by Gasteiger charge is -2.25. The molecule has 0 aliphatic heterocycles. The van der Waals surface area contributed by atoms with E-state index in [1.807, 2.05) is 75.4 Å². The highest BCUT2D eigenvalue weighted by atomic mass is 16.6. The Labute approximate surface area is 310 Å². The van der Waals surface area contributed by atoms with Gasteiger partial charge >= 0.3 is 6.09 Å². The number of fused-ring (bicyclic) bond motifs is 6. The van der Waals surface area contributed by atoms with Gasteiger partial charge < -0.3 is 39.6 Å². The molecule has 11 nitrogen and oxygen atoms in total. The van der Waals surface area contributed by atoms with E-state index in [9.17, 15) is 14.4 Å². The zero-order valence-electron chi connectivity index (χ0n) is 31.3. The number of amides is 3.